The summed E-state index contributed by atoms with van der Waals surface area (Å²) in [6.45, 7) is 4.48. The summed E-state index contributed by atoms with van der Waals surface area (Å²) < 4.78 is 11.2. The highest BCUT2D eigenvalue weighted by molar-refractivity contribution is 5.98. The van der Waals surface area contributed by atoms with E-state index in [-0.39, 0.29) is 30.4 Å². The molecule has 2 unspecified atom stereocenters. The molecule has 10 N–H and O–H groups in total. The molecule has 2 aromatic carbocycles. The van der Waals surface area contributed by atoms with Crippen LogP contribution in [0.5, 0.6) is 11.5 Å². The third-order valence-corrected chi connectivity index (χ3v) is 8.56. The number of benzene rings is 2. The Hall–Kier alpha value is -4.56. The lowest BCUT2D eigenvalue weighted by Gasteiger charge is -2.46. The Kier molecular flexibility index (Phi) is 6.42. The lowest BCUT2D eigenvalue weighted by atomic mass is 9.79. The second-order valence-electron chi connectivity index (χ2n) is 11.6. The molecule has 0 saturated carbocycles. The van der Waals surface area contributed by atoms with Gasteiger partial charge in [-0.3, -0.25) is 20.4 Å². The van der Waals surface area contributed by atoms with Crippen molar-refractivity contribution in [3.8, 4) is 11.5 Å². The zero-order chi connectivity index (χ0) is 29.9. The lowest BCUT2D eigenvalue weighted by molar-refractivity contribution is -0.521. The largest absolute Gasteiger partial charge is 0.492 e. The average Bonchev–Trinajstić information content (AvgIpc) is 3.41. The second-order valence-corrected chi connectivity index (χ2v) is 11.6. The van der Waals surface area contributed by atoms with E-state index < -0.39 is 41.6 Å². The van der Waals surface area contributed by atoms with Crippen LogP contribution in [-0.4, -0.2) is 88.3 Å². The van der Waals surface area contributed by atoms with E-state index in [2.05, 4.69) is 39.8 Å². The quantitative estimate of drug-likeness (QED) is 0.173. The van der Waals surface area contributed by atoms with Crippen LogP contribution in [0.3, 0.4) is 0 Å². The van der Waals surface area contributed by atoms with E-state index in [9.17, 15) is 19.8 Å². The predicted molar refractivity (Wildman–Crippen MR) is 150 cm³/mol. The van der Waals surface area contributed by atoms with Gasteiger partial charge in [-0.2, -0.15) is 0 Å². The molecule has 14 nitrogen and oxygen atoms in total. The number of aliphatic hydroxyl groups is 2. The molecular formula is C28H35N8O6+. The molecule has 1 fully saturated rings. The number of rotatable bonds is 5. The summed E-state index contributed by atoms with van der Waals surface area (Å²) in [6, 6.07) is 11.0. The van der Waals surface area contributed by atoms with Gasteiger partial charge < -0.3 is 36.1 Å². The number of fused-ring (bicyclic) bond motifs is 1. The first-order valence-corrected chi connectivity index (χ1v) is 13.7. The van der Waals surface area contributed by atoms with E-state index in [0.29, 0.717) is 23.7 Å². The fourth-order valence-electron chi connectivity index (χ4n) is 6.34. The number of nitrogens with two attached hydrogens (primary N) is 2. The Morgan fingerprint density at radius 1 is 1.19 bits per heavy atom. The molecule has 4 heterocycles. The van der Waals surface area contributed by atoms with Gasteiger partial charge in [0.1, 0.15) is 23.6 Å². The minimum atomic E-state index is -2.60. The first-order chi connectivity index (χ1) is 19.9. The third-order valence-electron chi connectivity index (χ3n) is 8.56. The Labute approximate surface area is 241 Å². The maximum Gasteiger partial charge on any atom is 0.412 e. The summed E-state index contributed by atoms with van der Waals surface area (Å²) in [4.78, 5) is 35.0. The van der Waals surface area contributed by atoms with E-state index >= 15 is 0 Å². The molecular weight excluding hydrogens is 544 g/mol. The minimum absolute atomic E-state index is 0.0233. The van der Waals surface area contributed by atoms with Crippen LogP contribution < -0.4 is 41.9 Å². The molecule has 4 aliphatic rings. The van der Waals surface area contributed by atoms with Crippen LogP contribution in [0.4, 0.5) is 4.79 Å². The number of aliphatic imine (C=N–C) groups is 1. The van der Waals surface area contributed by atoms with Crippen molar-refractivity contribution in [1.82, 2.24) is 20.9 Å². The number of nitrogens with zero attached hydrogens (tertiary/aromatic N) is 2. The summed E-state index contributed by atoms with van der Waals surface area (Å²) in [5.74, 6) is -2.26. The summed E-state index contributed by atoms with van der Waals surface area (Å²) in [5, 5.41) is 31.8. The molecule has 0 aliphatic carbocycles. The van der Waals surface area contributed by atoms with Gasteiger partial charge in [0, 0.05) is 12.1 Å². The number of guanidine groups is 2. The molecule has 2 aromatic rings. The van der Waals surface area contributed by atoms with Crippen molar-refractivity contribution in [2.45, 2.75) is 55.3 Å². The molecule has 4 atom stereocenters. The average molecular weight is 580 g/mol. The van der Waals surface area contributed by atoms with Crippen LogP contribution >= 0.6 is 0 Å². The molecule has 222 valence electrons. The van der Waals surface area contributed by atoms with Gasteiger partial charge >= 0.3 is 12.1 Å². The van der Waals surface area contributed by atoms with E-state index in [1.807, 2.05) is 6.07 Å². The van der Waals surface area contributed by atoms with Crippen LogP contribution in [0.1, 0.15) is 36.2 Å². The number of hydrogen-bond donors (Lipinski definition) is 8. The number of carbonyl (C=O) groups excluding carboxylic acids is 2. The van der Waals surface area contributed by atoms with Crippen LogP contribution in [0, 0.1) is 0 Å². The van der Waals surface area contributed by atoms with Crippen molar-refractivity contribution in [3.05, 3.63) is 59.7 Å². The molecule has 0 radical (unpaired) electrons. The molecule has 2 amide bonds. The van der Waals surface area contributed by atoms with Crippen LogP contribution in [0.25, 0.3) is 0 Å². The molecule has 6 rings (SSSR count). The molecule has 1 spiro atoms. The van der Waals surface area contributed by atoms with Crippen LogP contribution in [0.15, 0.2) is 53.5 Å². The first-order valence-electron chi connectivity index (χ1n) is 13.7. The normalized spacial score (nSPS) is 28.1. The molecule has 4 aliphatic heterocycles. The minimum Gasteiger partial charge on any atom is -0.492 e. The van der Waals surface area contributed by atoms with Crippen molar-refractivity contribution in [3.63, 3.8) is 0 Å². The fourth-order valence-corrected chi connectivity index (χ4v) is 6.34. The number of para-hydroxylation sites is 2. The maximum absolute atomic E-state index is 13.6. The van der Waals surface area contributed by atoms with Crippen molar-refractivity contribution in [2.24, 2.45) is 16.5 Å². The number of carbonyl (C=O) groups is 2. The maximum atomic E-state index is 13.6. The van der Waals surface area contributed by atoms with Gasteiger partial charge in [-0.15, -0.1) is 0 Å². The monoisotopic (exact) mass is 579 g/mol. The number of ether oxygens (including phenoxy) is 2. The van der Waals surface area contributed by atoms with Gasteiger partial charge in [0.15, 0.2) is 12.0 Å². The van der Waals surface area contributed by atoms with E-state index in [1.165, 1.54) is 4.90 Å². The van der Waals surface area contributed by atoms with Gasteiger partial charge in [-0.05, 0) is 30.0 Å². The summed E-state index contributed by atoms with van der Waals surface area (Å²) in [7, 11) is 0. The van der Waals surface area contributed by atoms with Gasteiger partial charge in [0.05, 0.1) is 18.7 Å². The van der Waals surface area contributed by atoms with Gasteiger partial charge in [0.25, 0.3) is 11.6 Å². The standard InChI is InChI=1S/C28H34N8O6/c1-26(2)11-12-41-20-16(9-6-10-17(20)26)22(37)33-19-14-36-24(30)32-18(13-31-25(38)42-15-7-4-3-5-8-15)21-27(36,28(19,39)40)35-23(29)34-21/h3-10,18-19,21,39-40H,11-14H2,1-2H3,(H2,30,32)(H,31,38)(H,33,37)(H3,29,34,35)/p+1/t18-,19?,21-,27?/m0/s1. The Morgan fingerprint density at radius 2 is 1.95 bits per heavy atom. The summed E-state index contributed by atoms with van der Waals surface area (Å²) in [6.07, 6.45) is 0.0831. The van der Waals surface area contributed by atoms with E-state index in [1.54, 1.807) is 42.5 Å². The van der Waals surface area contributed by atoms with Crippen molar-refractivity contribution < 1.29 is 34.3 Å². The number of amides is 2. The Balaban J connectivity index is 1.24. The Morgan fingerprint density at radius 3 is 2.71 bits per heavy atom. The number of hydrogen-bond acceptors (Lipinski definition) is 11. The summed E-state index contributed by atoms with van der Waals surface area (Å²) >= 11 is 0. The third kappa shape index (κ3) is 4.25. The highest BCUT2D eigenvalue weighted by atomic mass is 16.6. The molecule has 42 heavy (non-hydrogen) atoms. The Bertz CT molecular complexity index is 1480. The van der Waals surface area contributed by atoms with Crippen molar-refractivity contribution in [1.29, 1.82) is 0 Å². The van der Waals surface area contributed by atoms with Gasteiger partial charge in [-0.25, -0.2) is 15.1 Å². The zero-order valence-corrected chi connectivity index (χ0v) is 23.3. The SMILES string of the molecule is CC1(C)CCOc2c(C(=O)NC3CN4C(N)=N[C@@H](CNC(=O)Oc5ccccc5)[C@@H]5[NH+]=C(N)NC54C3(O)O)cccc21. The first kappa shape index (κ1) is 27.6. The fraction of sp³-hybridized carbons (Fsp3) is 0.429. The highest BCUT2D eigenvalue weighted by Crippen LogP contribution is 2.43. The van der Waals surface area contributed by atoms with E-state index in [4.69, 9.17) is 20.9 Å². The predicted octanol–water partition coefficient (Wildman–Crippen LogP) is -2.61. The van der Waals surface area contributed by atoms with Crippen molar-refractivity contribution in [2.75, 3.05) is 19.7 Å². The van der Waals surface area contributed by atoms with Crippen LogP contribution in [-0.2, 0) is 5.41 Å². The molecule has 1 saturated heterocycles. The topological polar surface area (TPSA) is 211 Å². The second kappa shape index (κ2) is 9.77. The lowest BCUT2D eigenvalue weighted by Crippen LogP contribution is -2.90. The zero-order valence-electron chi connectivity index (χ0n) is 23.3. The van der Waals surface area contributed by atoms with Crippen molar-refractivity contribution >= 4 is 23.9 Å². The van der Waals surface area contributed by atoms with Gasteiger partial charge in [-0.1, -0.05) is 44.2 Å². The molecule has 0 bridgehead atoms. The number of nitrogens with one attached hydrogen (secondary N) is 4. The van der Waals surface area contributed by atoms with E-state index in [0.717, 1.165) is 12.0 Å². The van der Waals surface area contributed by atoms with Crippen LogP contribution in [0.2, 0.25) is 0 Å². The van der Waals surface area contributed by atoms with Gasteiger partial charge in [0.2, 0.25) is 5.79 Å². The smallest absolute Gasteiger partial charge is 0.412 e. The summed E-state index contributed by atoms with van der Waals surface area (Å²) in [5.41, 5.74) is 11.7. The molecule has 14 heteroatoms. The highest BCUT2D eigenvalue weighted by Gasteiger charge is 2.76. The molecule has 0 aromatic heterocycles.